The van der Waals surface area contributed by atoms with Crippen LogP contribution >= 0.6 is 0 Å². The molecule has 4 N–H and O–H groups in total. The summed E-state index contributed by atoms with van der Waals surface area (Å²) in [6.45, 7) is 0.123. The van der Waals surface area contributed by atoms with E-state index in [4.69, 9.17) is 10.5 Å². The van der Waals surface area contributed by atoms with Crippen LogP contribution in [0.15, 0.2) is 18.2 Å². The Bertz CT molecular complexity index is 447. The van der Waals surface area contributed by atoms with Crippen molar-refractivity contribution in [3.05, 3.63) is 23.8 Å². The Balaban J connectivity index is 2.51. The van der Waals surface area contributed by atoms with Crippen molar-refractivity contribution in [1.29, 1.82) is 0 Å². The van der Waals surface area contributed by atoms with Gasteiger partial charge >= 0.3 is 6.09 Å². The second kappa shape index (κ2) is 6.33. The molecule has 0 unspecified atom stereocenters. The Morgan fingerprint density at radius 3 is 2.72 bits per heavy atom. The molecule has 2 amide bonds. The molecule has 1 aromatic carbocycles. The number of nitrogens with two attached hydrogens (primary N) is 1. The fourth-order valence-electron chi connectivity index (χ4n) is 1.25. The monoisotopic (exact) mass is 254 g/mol. The van der Waals surface area contributed by atoms with Crippen molar-refractivity contribution in [2.45, 2.75) is 0 Å². The average molecular weight is 254 g/mol. The molecule has 0 saturated heterocycles. The number of hydrogen-bond acceptors (Lipinski definition) is 5. The minimum atomic E-state index is -0.897. The number of carbonyl (C=O) groups excluding carboxylic acids is 2. The van der Waals surface area contributed by atoms with Crippen molar-refractivity contribution in [1.82, 2.24) is 5.32 Å². The molecule has 1 rings (SSSR count). The van der Waals surface area contributed by atoms with Crippen molar-refractivity contribution < 1.29 is 24.2 Å². The molecule has 0 aliphatic carbocycles. The molecule has 0 saturated carbocycles. The number of hydrogen-bond donors (Lipinski definition) is 3. The van der Waals surface area contributed by atoms with Gasteiger partial charge in [-0.05, 0) is 18.2 Å². The van der Waals surface area contributed by atoms with E-state index >= 15 is 0 Å². The van der Waals surface area contributed by atoms with Crippen molar-refractivity contribution in [2.24, 2.45) is 5.73 Å². The highest BCUT2D eigenvalue weighted by molar-refractivity contribution is 5.94. The minimum absolute atomic E-state index is 0.0107. The summed E-state index contributed by atoms with van der Waals surface area (Å²) in [5, 5.41) is 12.0. The lowest BCUT2D eigenvalue weighted by molar-refractivity contribution is 0.0936. The molecule has 7 nitrogen and oxygen atoms in total. The van der Waals surface area contributed by atoms with Gasteiger partial charge in [0.1, 0.15) is 6.61 Å². The molecule has 0 bridgehead atoms. The summed E-state index contributed by atoms with van der Waals surface area (Å²) in [5.74, 6) is -0.247. The van der Waals surface area contributed by atoms with Crippen LogP contribution in [0.1, 0.15) is 10.4 Å². The maximum atomic E-state index is 11.6. The zero-order valence-electron chi connectivity index (χ0n) is 9.80. The fourth-order valence-corrected chi connectivity index (χ4v) is 1.25. The van der Waals surface area contributed by atoms with Gasteiger partial charge in [-0.15, -0.1) is 0 Å². The lowest BCUT2D eigenvalue weighted by Crippen LogP contribution is -2.28. The number of ether oxygens (including phenoxy) is 2. The molecule has 98 valence electrons. The maximum Gasteiger partial charge on any atom is 0.404 e. The molecule has 0 fully saturated rings. The Kier molecular flexibility index (Phi) is 4.79. The van der Waals surface area contributed by atoms with Gasteiger partial charge in [0.15, 0.2) is 11.5 Å². The van der Waals surface area contributed by atoms with Crippen LogP contribution in [0.2, 0.25) is 0 Å². The van der Waals surface area contributed by atoms with E-state index in [1.165, 1.54) is 25.3 Å². The van der Waals surface area contributed by atoms with Crippen LogP contribution in [0, 0.1) is 0 Å². The first-order valence-electron chi connectivity index (χ1n) is 5.12. The van der Waals surface area contributed by atoms with Crippen LogP contribution in [0.25, 0.3) is 0 Å². The maximum absolute atomic E-state index is 11.6. The van der Waals surface area contributed by atoms with Crippen LogP contribution < -0.4 is 15.8 Å². The normalized spacial score (nSPS) is 9.61. The summed E-state index contributed by atoms with van der Waals surface area (Å²) < 4.78 is 9.29. The number of aromatic hydroxyl groups is 1. The standard InChI is InChI=1S/C11H14N2O5/c1-17-9-3-2-7(6-8(9)14)10(15)13-4-5-18-11(12)16/h2-3,6,14H,4-5H2,1H3,(H2,12,16)(H,13,15). The van der Waals surface area contributed by atoms with Gasteiger partial charge in [-0.3, -0.25) is 4.79 Å². The van der Waals surface area contributed by atoms with E-state index in [0.29, 0.717) is 0 Å². The summed E-state index contributed by atoms with van der Waals surface area (Å²) in [6, 6.07) is 4.26. The summed E-state index contributed by atoms with van der Waals surface area (Å²) in [6.07, 6.45) is -0.897. The third-order valence-corrected chi connectivity index (χ3v) is 2.07. The highest BCUT2D eigenvalue weighted by Gasteiger charge is 2.09. The van der Waals surface area contributed by atoms with Crippen molar-refractivity contribution in [2.75, 3.05) is 20.3 Å². The molecule has 1 aromatic rings. The molecule has 0 aliphatic rings. The number of primary amides is 1. The molecule has 0 aromatic heterocycles. The second-order valence-corrected chi connectivity index (χ2v) is 3.31. The van der Waals surface area contributed by atoms with Gasteiger partial charge in [0.25, 0.3) is 5.91 Å². The number of benzene rings is 1. The topological polar surface area (TPSA) is 111 Å². The summed E-state index contributed by atoms with van der Waals surface area (Å²) in [5.41, 5.74) is 5.02. The molecule has 0 radical (unpaired) electrons. The second-order valence-electron chi connectivity index (χ2n) is 3.31. The van der Waals surface area contributed by atoms with Gasteiger partial charge in [0.05, 0.1) is 13.7 Å². The van der Waals surface area contributed by atoms with Gasteiger partial charge in [-0.1, -0.05) is 0 Å². The van der Waals surface area contributed by atoms with Gasteiger partial charge in [-0.25, -0.2) is 4.79 Å². The van der Waals surface area contributed by atoms with Crippen LogP contribution in [-0.2, 0) is 4.74 Å². The van der Waals surface area contributed by atoms with E-state index in [-0.39, 0.29) is 30.2 Å². The third kappa shape index (κ3) is 3.85. The molecule has 7 heteroatoms. The number of phenols is 1. The minimum Gasteiger partial charge on any atom is -0.504 e. The van der Waals surface area contributed by atoms with Gasteiger partial charge in [-0.2, -0.15) is 0 Å². The van der Waals surface area contributed by atoms with E-state index in [9.17, 15) is 14.7 Å². The highest BCUT2D eigenvalue weighted by Crippen LogP contribution is 2.25. The fraction of sp³-hybridized carbons (Fsp3) is 0.273. The van der Waals surface area contributed by atoms with E-state index in [2.05, 4.69) is 10.1 Å². The molecule has 0 heterocycles. The third-order valence-electron chi connectivity index (χ3n) is 2.07. The van der Waals surface area contributed by atoms with E-state index in [0.717, 1.165) is 0 Å². The smallest absolute Gasteiger partial charge is 0.404 e. The summed E-state index contributed by atoms with van der Waals surface area (Å²) >= 11 is 0. The SMILES string of the molecule is COc1ccc(C(=O)NCCOC(N)=O)cc1O. The predicted octanol–water partition coefficient (Wildman–Crippen LogP) is 0.226. The number of amides is 2. The first-order valence-corrected chi connectivity index (χ1v) is 5.12. The molecule has 18 heavy (non-hydrogen) atoms. The molecule has 0 spiro atoms. The summed E-state index contributed by atoms with van der Waals surface area (Å²) in [4.78, 5) is 21.9. The van der Waals surface area contributed by atoms with Gasteiger partial charge in [0, 0.05) is 5.56 Å². The number of methoxy groups -OCH3 is 1. The first kappa shape index (κ1) is 13.6. The first-order chi connectivity index (χ1) is 8.54. The quantitative estimate of drug-likeness (QED) is 0.651. The number of phenolic OH excluding ortho intramolecular Hbond substituents is 1. The summed E-state index contributed by atoms with van der Waals surface area (Å²) in [7, 11) is 1.41. The predicted molar refractivity (Wildman–Crippen MR) is 62.5 cm³/mol. The van der Waals surface area contributed by atoms with Crippen LogP contribution in [0.5, 0.6) is 11.5 Å². The van der Waals surface area contributed by atoms with Crippen LogP contribution in [0.3, 0.4) is 0 Å². The zero-order valence-corrected chi connectivity index (χ0v) is 9.80. The molecule has 0 aliphatic heterocycles. The average Bonchev–Trinajstić information content (AvgIpc) is 2.34. The Morgan fingerprint density at radius 1 is 1.44 bits per heavy atom. The zero-order chi connectivity index (χ0) is 13.5. The van der Waals surface area contributed by atoms with E-state index in [1.807, 2.05) is 0 Å². The Hall–Kier alpha value is -2.44. The number of rotatable bonds is 5. The van der Waals surface area contributed by atoms with Crippen molar-refractivity contribution in [3.63, 3.8) is 0 Å². The van der Waals surface area contributed by atoms with Crippen molar-refractivity contribution in [3.8, 4) is 11.5 Å². The van der Waals surface area contributed by atoms with Gasteiger partial charge < -0.3 is 25.6 Å². The largest absolute Gasteiger partial charge is 0.504 e. The lowest BCUT2D eigenvalue weighted by Gasteiger charge is -2.07. The van der Waals surface area contributed by atoms with Crippen molar-refractivity contribution >= 4 is 12.0 Å². The number of carbonyl (C=O) groups is 2. The van der Waals surface area contributed by atoms with Crippen LogP contribution in [-0.4, -0.2) is 37.4 Å². The molecule has 0 atom stereocenters. The van der Waals surface area contributed by atoms with E-state index in [1.54, 1.807) is 0 Å². The van der Waals surface area contributed by atoms with Gasteiger partial charge in [0.2, 0.25) is 0 Å². The number of nitrogens with one attached hydrogen (secondary N) is 1. The lowest BCUT2D eigenvalue weighted by atomic mass is 10.2. The molecular weight excluding hydrogens is 240 g/mol. The van der Waals surface area contributed by atoms with Crippen LogP contribution in [0.4, 0.5) is 4.79 Å². The Labute approximate surface area is 103 Å². The van der Waals surface area contributed by atoms with E-state index < -0.39 is 12.0 Å². The Morgan fingerprint density at radius 2 is 2.17 bits per heavy atom. The highest BCUT2D eigenvalue weighted by atomic mass is 16.5. The molecular formula is C11H14N2O5.